The van der Waals surface area contributed by atoms with Crippen LogP contribution < -0.4 is 10.2 Å². The molecule has 0 aliphatic carbocycles. The maximum absolute atomic E-state index is 13.0. The van der Waals surface area contributed by atoms with Crippen molar-refractivity contribution in [2.45, 2.75) is 38.0 Å². The summed E-state index contributed by atoms with van der Waals surface area (Å²) in [7, 11) is -1.67. The molecule has 2 aliphatic rings. The number of halogens is 3. The summed E-state index contributed by atoms with van der Waals surface area (Å²) in [5, 5.41) is 3.44. The molecular weight excluding hydrogens is 371 g/mol. The molecule has 2 aromatic rings. The number of nitrogens with zero attached hydrogens (tertiary/aromatic N) is 2. The Morgan fingerprint density at radius 3 is 2.63 bits per heavy atom. The molecule has 1 N–H and O–H groups in total. The Morgan fingerprint density at radius 1 is 1.15 bits per heavy atom. The maximum atomic E-state index is 13.0. The molecule has 1 fully saturated rings. The van der Waals surface area contributed by atoms with E-state index >= 15 is 0 Å². The molecule has 0 radical (unpaired) electrons. The molecule has 0 saturated carbocycles. The number of alkyl halides is 3. The second-order valence-electron chi connectivity index (χ2n) is 8.07. The van der Waals surface area contributed by atoms with Gasteiger partial charge >= 0.3 is 6.18 Å². The van der Waals surface area contributed by atoms with E-state index in [9.17, 15) is 13.2 Å². The van der Waals surface area contributed by atoms with Gasteiger partial charge in [-0.1, -0.05) is 12.1 Å². The summed E-state index contributed by atoms with van der Waals surface area (Å²) in [5.74, 6) is 0.711. The van der Waals surface area contributed by atoms with Gasteiger partial charge in [-0.3, -0.25) is 0 Å². The lowest BCUT2D eigenvalue weighted by Gasteiger charge is -2.29. The molecule has 4 nitrogen and oxygen atoms in total. The third-order valence-corrected chi connectivity index (χ3v) is 5.80. The Bertz CT molecular complexity index is 866. The minimum atomic E-state index is -4.37. The van der Waals surface area contributed by atoms with Gasteiger partial charge in [-0.05, 0) is 43.9 Å². The van der Waals surface area contributed by atoms with Crippen LogP contribution in [-0.4, -0.2) is 38.5 Å². The van der Waals surface area contributed by atoms with Crippen LogP contribution in [0.1, 0.15) is 5.56 Å². The zero-order chi connectivity index (χ0) is 19.4. The number of benzene rings is 1. The van der Waals surface area contributed by atoms with E-state index in [0.717, 1.165) is 30.9 Å². The third-order valence-electron chi connectivity index (χ3n) is 4.79. The smallest absolute Gasteiger partial charge is 0.411 e. The number of rotatable bonds is 3. The number of nitrogens with one attached hydrogen (secondary N) is 1. The zero-order valence-electron chi connectivity index (χ0n) is 15.5. The minimum absolute atomic E-state index is 0.0999. The first-order valence-corrected chi connectivity index (χ1v) is 12.4. The van der Waals surface area contributed by atoms with E-state index in [0.29, 0.717) is 17.1 Å². The van der Waals surface area contributed by atoms with E-state index in [1.165, 1.54) is 6.07 Å². The fourth-order valence-electron chi connectivity index (χ4n) is 3.69. The Balaban J connectivity index is 1.62. The molecule has 1 aromatic heterocycles. The van der Waals surface area contributed by atoms with Gasteiger partial charge in [0.15, 0.2) is 14.1 Å². The predicted molar refractivity (Wildman–Crippen MR) is 103 cm³/mol. The second kappa shape index (κ2) is 6.24. The molecule has 2 aliphatic heterocycles. The molecule has 1 unspecified atom stereocenters. The molecule has 4 rings (SSSR count). The first-order valence-electron chi connectivity index (χ1n) is 8.98. The van der Waals surface area contributed by atoms with Crippen molar-refractivity contribution in [2.75, 3.05) is 23.3 Å². The van der Waals surface area contributed by atoms with Crippen molar-refractivity contribution in [3.05, 3.63) is 42.0 Å². The highest BCUT2D eigenvalue weighted by molar-refractivity contribution is 6.69. The highest BCUT2D eigenvalue weighted by Gasteiger charge is 2.41. The van der Waals surface area contributed by atoms with Crippen molar-refractivity contribution in [1.82, 2.24) is 4.98 Å². The first kappa shape index (κ1) is 18.3. The van der Waals surface area contributed by atoms with Gasteiger partial charge in [0.25, 0.3) is 0 Å². The van der Waals surface area contributed by atoms with E-state index in [1.807, 2.05) is 6.07 Å². The van der Waals surface area contributed by atoms with Crippen LogP contribution in [0.2, 0.25) is 19.6 Å². The lowest BCUT2D eigenvalue weighted by molar-refractivity contribution is -0.137. The average molecular weight is 393 g/mol. The van der Waals surface area contributed by atoms with Crippen LogP contribution in [0.5, 0.6) is 0 Å². The molecule has 2 bridgehead atoms. The van der Waals surface area contributed by atoms with E-state index in [2.05, 4.69) is 34.8 Å². The van der Waals surface area contributed by atoms with Crippen molar-refractivity contribution in [3.8, 4) is 11.3 Å². The summed E-state index contributed by atoms with van der Waals surface area (Å²) in [5.41, 5.74) is 1.29. The van der Waals surface area contributed by atoms with Crippen LogP contribution in [0.25, 0.3) is 11.3 Å². The molecule has 1 aromatic carbocycles. The third kappa shape index (κ3) is 3.68. The van der Waals surface area contributed by atoms with Crippen LogP contribution in [-0.2, 0) is 10.6 Å². The lowest BCUT2D eigenvalue weighted by atomic mass is 10.1. The summed E-state index contributed by atoms with van der Waals surface area (Å²) >= 11 is 0. The van der Waals surface area contributed by atoms with E-state index in [-0.39, 0.29) is 12.1 Å². The number of aromatic nitrogens is 1. The van der Waals surface area contributed by atoms with E-state index in [1.54, 1.807) is 12.1 Å². The molecule has 0 spiro atoms. The van der Waals surface area contributed by atoms with Gasteiger partial charge in [-0.2, -0.15) is 13.2 Å². The average Bonchev–Trinajstić information content (AvgIpc) is 2.89. The minimum Gasteiger partial charge on any atom is -0.411 e. The summed E-state index contributed by atoms with van der Waals surface area (Å²) in [4.78, 5) is 6.85. The van der Waals surface area contributed by atoms with Gasteiger partial charge in [-0.15, -0.1) is 0 Å². The lowest BCUT2D eigenvalue weighted by Crippen LogP contribution is -2.42. The summed E-state index contributed by atoms with van der Waals surface area (Å²) in [6, 6.07) is 9.14. The molecular formula is C19H22F3N3OSi. The standard InChI is InChI=1S/C19H22F3N3OSi/c1-27(2,3)26-17-11-25-10-15(17)24-18-16(25)8-7-14(23-18)12-5-4-6-13(9-12)19(20,21)22/h4-9,15,17H,10-11H2,1-3H3,(H,23,24)/t15-,17?/m1/s1. The molecule has 144 valence electrons. The van der Waals surface area contributed by atoms with Gasteiger partial charge in [-0.25, -0.2) is 4.98 Å². The highest BCUT2D eigenvalue weighted by atomic mass is 28.4. The topological polar surface area (TPSA) is 37.4 Å². The summed E-state index contributed by atoms with van der Waals surface area (Å²) in [6.45, 7) is 8.16. The SMILES string of the molecule is C[Si](C)(C)OC1CN2C[C@H]1Nc1nc(-c3cccc(C(F)(F)F)c3)ccc12. The quantitative estimate of drug-likeness (QED) is 0.774. The summed E-state index contributed by atoms with van der Waals surface area (Å²) in [6.07, 6.45) is -4.27. The molecule has 1 saturated heterocycles. The van der Waals surface area contributed by atoms with Gasteiger partial charge in [0.2, 0.25) is 0 Å². The Labute approximate surface area is 157 Å². The van der Waals surface area contributed by atoms with Gasteiger partial charge in [0.05, 0.1) is 29.1 Å². The van der Waals surface area contributed by atoms with Crippen molar-refractivity contribution in [3.63, 3.8) is 0 Å². The molecule has 3 heterocycles. The van der Waals surface area contributed by atoms with Crippen LogP contribution >= 0.6 is 0 Å². The zero-order valence-corrected chi connectivity index (χ0v) is 16.5. The van der Waals surface area contributed by atoms with Crippen LogP contribution in [0.3, 0.4) is 0 Å². The Morgan fingerprint density at radius 2 is 1.93 bits per heavy atom. The van der Waals surface area contributed by atoms with Crippen molar-refractivity contribution < 1.29 is 17.6 Å². The molecule has 0 amide bonds. The van der Waals surface area contributed by atoms with Gasteiger partial charge in [0.1, 0.15) is 0 Å². The highest BCUT2D eigenvalue weighted by Crippen LogP contribution is 2.38. The van der Waals surface area contributed by atoms with Crippen molar-refractivity contribution >= 4 is 19.8 Å². The maximum Gasteiger partial charge on any atom is 0.416 e. The van der Waals surface area contributed by atoms with Crippen LogP contribution in [0.15, 0.2) is 36.4 Å². The molecule has 27 heavy (non-hydrogen) atoms. The number of fused-ring (bicyclic) bond motifs is 4. The van der Waals surface area contributed by atoms with E-state index < -0.39 is 20.1 Å². The first-order chi connectivity index (χ1) is 12.6. The number of anilines is 2. The van der Waals surface area contributed by atoms with Gasteiger partial charge < -0.3 is 14.6 Å². The van der Waals surface area contributed by atoms with Crippen molar-refractivity contribution in [1.29, 1.82) is 0 Å². The molecule has 8 heteroatoms. The fourth-order valence-corrected chi connectivity index (χ4v) is 4.83. The summed E-state index contributed by atoms with van der Waals surface area (Å²) < 4.78 is 45.3. The predicted octanol–water partition coefficient (Wildman–Crippen LogP) is 4.60. The van der Waals surface area contributed by atoms with Crippen molar-refractivity contribution in [2.24, 2.45) is 0 Å². The number of pyridine rings is 1. The normalized spacial score (nSPS) is 21.8. The molecule has 2 atom stereocenters. The van der Waals surface area contributed by atoms with Crippen LogP contribution in [0.4, 0.5) is 24.7 Å². The number of hydrogen-bond acceptors (Lipinski definition) is 4. The van der Waals surface area contributed by atoms with Gasteiger partial charge in [0, 0.05) is 18.7 Å². The van der Waals surface area contributed by atoms with E-state index in [4.69, 9.17) is 4.43 Å². The Kier molecular flexibility index (Phi) is 4.23. The largest absolute Gasteiger partial charge is 0.416 e. The second-order valence-corrected chi connectivity index (χ2v) is 12.5. The monoisotopic (exact) mass is 393 g/mol. The fraction of sp³-hybridized carbons (Fsp3) is 0.421. The van der Waals surface area contributed by atoms with Crippen LogP contribution in [0, 0.1) is 0 Å². The Hall–Kier alpha value is -2.06. The number of hydrogen-bond donors (Lipinski definition) is 1.